The number of hydrogen-bond acceptors (Lipinski definition) is 1. The van der Waals surface area contributed by atoms with E-state index in [9.17, 15) is 0 Å². The summed E-state index contributed by atoms with van der Waals surface area (Å²) >= 11 is 0. The van der Waals surface area contributed by atoms with E-state index in [4.69, 9.17) is 15.0 Å². The van der Waals surface area contributed by atoms with Crippen molar-refractivity contribution in [3.05, 3.63) is 0 Å². The fraction of sp³-hybridized carbons (Fsp3) is 0. The average Bonchev–Trinajstić information content (AvgIpc) is 0.811. The van der Waals surface area contributed by atoms with Crippen LogP contribution >= 0.6 is 0 Å². The van der Waals surface area contributed by atoms with E-state index < -0.39 is 6.16 Å². The van der Waals surface area contributed by atoms with Crippen LogP contribution < -0.4 is 162 Å². The topological polar surface area (TPSA) is 57.5 Å². The molecule has 0 saturated heterocycles. The molecule has 0 rings (SSSR count). The molecule has 8 heteroatoms. The Morgan fingerprint density at radius 2 is 1.00 bits per heavy atom. The number of carboxylic acid groups (broad SMARTS) is 2. The smallest absolute Gasteiger partial charge is 1.00 e. The van der Waals surface area contributed by atoms with Crippen molar-refractivity contribution in [3.8, 4) is 0 Å². The molecule has 0 aromatic carbocycles. The molecule has 0 saturated carbocycles. The van der Waals surface area contributed by atoms with Crippen molar-refractivity contribution < 1.29 is 177 Å². The summed E-state index contributed by atoms with van der Waals surface area (Å²) in [5, 5.41) is 13.9. The first-order valence-electron chi connectivity index (χ1n) is 0.651. The summed E-state index contributed by atoms with van der Waals surface area (Å²) in [4.78, 5) is 8.56. The van der Waals surface area contributed by atoms with Crippen molar-refractivity contribution in [2.45, 2.75) is 0 Å². The molecule has 2 N–H and O–H groups in total. The van der Waals surface area contributed by atoms with Crippen LogP contribution in [0.3, 0.4) is 0 Å². The predicted octanol–water partition coefficient (Wildman–Crippen LogP) is -11.8. The van der Waals surface area contributed by atoms with Crippen LogP contribution in [0, 0.1) is 0 Å². The van der Waals surface area contributed by atoms with Gasteiger partial charge in [0.05, 0.1) is 0 Å². The minimum atomic E-state index is -1.83. The van der Waals surface area contributed by atoms with Crippen molar-refractivity contribution in [1.29, 1.82) is 0 Å². The first kappa shape index (κ1) is 37.1. The molecular formula is CH2K2Na2O3S+2. The fourth-order valence-corrected chi connectivity index (χ4v) is 0. The molecule has 3 nitrogen and oxygen atoms in total. The maximum Gasteiger partial charge on any atom is 1.00 e. The standard InChI is InChI=1S/CH2O3.2K.2Na.S/c2-1(3)4;;;;;/h(H2,2,3,4);;;;;/q;4*+1;-2. The van der Waals surface area contributed by atoms with Gasteiger partial charge in [-0.3, -0.25) is 0 Å². The third-order valence-corrected chi connectivity index (χ3v) is 0. The second kappa shape index (κ2) is 29.3. The molecule has 0 aromatic rings. The summed E-state index contributed by atoms with van der Waals surface area (Å²) < 4.78 is 0. The van der Waals surface area contributed by atoms with Gasteiger partial charge in [-0.1, -0.05) is 0 Å². The molecule has 0 aliphatic carbocycles. The first-order chi connectivity index (χ1) is 1.73. The maximum absolute atomic E-state index is 8.56. The van der Waals surface area contributed by atoms with E-state index in [0.29, 0.717) is 0 Å². The van der Waals surface area contributed by atoms with E-state index in [-0.39, 0.29) is 175 Å². The van der Waals surface area contributed by atoms with Crippen LogP contribution in [0.4, 0.5) is 4.79 Å². The van der Waals surface area contributed by atoms with Gasteiger partial charge in [-0.05, 0) is 0 Å². The summed E-state index contributed by atoms with van der Waals surface area (Å²) in [5.74, 6) is 0. The van der Waals surface area contributed by atoms with Gasteiger partial charge in [0.15, 0.2) is 0 Å². The Balaban J connectivity index is -0.00000000450. The van der Waals surface area contributed by atoms with Gasteiger partial charge >= 0.3 is 168 Å². The average molecular weight is 218 g/mol. The third kappa shape index (κ3) is 63.9. The summed E-state index contributed by atoms with van der Waals surface area (Å²) in [6.45, 7) is 0. The van der Waals surface area contributed by atoms with Gasteiger partial charge in [-0.2, -0.15) is 0 Å². The summed E-state index contributed by atoms with van der Waals surface area (Å²) in [6.07, 6.45) is -1.83. The van der Waals surface area contributed by atoms with Crippen molar-refractivity contribution in [1.82, 2.24) is 0 Å². The van der Waals surface area contributed by atoms with Gasteiger partial charge in [0, 0.05) is 0 Å². The summed E-state index contributed by atoms with van der Waals surface area (Å²) in [6, 6.07) is 0. The van der Waals surface area contributed by atoms with Crippen LogP contribution in [0.15, 0.2) is 0 Å². The van der Waals surface area contributed by atoms with Crippen molar-refractivity contribution in [2.24, 2.45) is 0 Å². The van der Waals surface area contributed by atoms with Gasteiger partial charge in [0.2, 0.25) is 0 Å². The molecular weight excluding hydrogens is 216 g/mol. The maximum atomic E-state index is 8.56. The Bertz CT molecular complexity index is 42.8. The molecule has 0 radical (unpaired) electrons. The van der Waals surface area contributed by atoms with Crippen LogP contribution in [0.2, 0.25) is 0 Å². The quantitative estimate of drug-likeness (QED) is 0.397. The van der Waals surface area contributed by atoms with Crippen LogP contribution in [-0.4, -0.2) is 16.4 Å². The van der Waals surface area contributed by atoms with Crippen LogP contribution in [0.1, 0.15) is 0 Å². The molecule has 0 atom stereocenters. The van der Waals surface area contributed by atoms with E-state index in [0.717, 1.165) is 0 Å². The molecule has 0 aliphatic rings. The van der Waals surface area contributed by atoms with Gasteiger partial charge in [-0.25, -0.2) is 4.79 Å². The minimum Gasteiger partial charge on any atom is -2.00 e. The van der Waals surface area contributed by atoms with E-state index in [1.165, 1.54) is 0 Å². The zero-order valence-corrected chi connectivity index (χ0v) is 17.3. The van der Waals surface area contributed by atoms with Gasteiger partial charge < -0.3 is 23.7 Å². The van der Waals surface area contributed by atoms with E-state index in [2.05, 4.69) is 0 Å². The predicted molar refractivity (Wildman–Crippen MR) is 18.0 cm³/mol. The van der Waals surface area contributed by atoms with Crippen molar-refractivity contribution >= 4 is 19.7 Å². The third-order valence-electron chi connectivity index (χ3n) is 0. The Morgan fingerprint density at radius 1 is 1.00 bits per heavy atom. The Kier molecular flexibility index (Phi) is 121. The number of rotatable bonds is 0. The minimum absolute atomic E-state index is 0. The molecule has 0 unspecified atom stereocenters. The molecule has 0 fully saturated rings. The fourth-order valence-electron chi connectivity index (χ4n) is 0. The van der Waals surface area contributed by atoms with Gasteiger partial charge in [-0.15, -0.1) is 0 Å². The largest absolute Gasteiger partial charge is 2.00 e. The van der Waals surface area contributed by atoms with Crippen LogP contribution in [0.25, 0.3) is 0 Å². The van der Waals surface area contributed by atoms with Gasteiger partial charge in [0.1, 0.15) is 0 Å². The molecule has 9 heavy (non-hydrogen) atoms. The zero-order chi connectivity index (χ0) is 3.58. The zero-order valence-electron chi connectivity index (χ0n) is 6.21. The molecule has 0 heterocycles. The molecule has 32 valence electrons. The molecule has 0 aromatic heterocycles. The van der Waals surface area contributed by atoms with E-state index in [1.54, 1.807) is 0 Å². The number of carbonyl (C=O) groups is 1. The van der Waals surface area contributed by atoms with E-state index in [1.807, 2.05) is 0 Å². The van der Waals surface area contributed by atoms with Crippen LogP contribution in [0.5, 0.6) is 0 Å². The second-order valence-electron chi connectivity index (χ2n) is 0.283. The Morgan fingerprint density at radius 3 is 1.00 bits per heavy atom. The molecule has 0 amide bonds. The Hall–Kier alpha value is 4.89. The number of hydrogen-bond donors (Lipinski definition) is 2. The SMILES string of the molecule is O=C(O)O.[K+].[K+].[Na+].[Na+].[S-2]. The van der Waals surface area contributed by atoms with Crippen LogP contribution in [-0.2, 0) is 13.5 Å². The Labute approximate surface area is 190 Å². The second-order valence-corrected chi connectivity index (χ2v) is 0.283. The molecule has 0 aliphatic heterocycles. The monoisotopic (exact) mass is 218 g/mol. The summed E-state index contributed by atoms with van der Waals surface area (Å²) in [7, 11) is 0. The molecule has 0 bridgehead atoms. The van der Waals surface area contributed by atoms with Crippen molar-refractivity contribution in [2.75, 3.05) is 0 Å². The molecule has 0 spiro atoms. The summed E-state index contributed by atoms with van der Waals surface area (Å²) in [5.41, 5.74) is 0. The van der Waals surface area contributed by atoms with E-state index >= 15 is 0 Å². The first-order valence-corrected chi connectivity index (χ1v) is 0.651. The van der Waals surface area contributed by atoms with Crippen molar-refractivity contribution in [3.63, 3.8) is 0 Å². The normalized spacial score (nSPS) is 2.67. The van der Waals surface area contributed by atoms with Gasteiger partial charge in [0.25, 0.3) is 0 Å².